The minimum atomic E-state index is -0.365. The predicted molar refractivity (Wildman–Crippen MR) is 71.2 cm³/mol. The number of fused-ring (bicyclic) bond motifs is 1. The zero-order valence-corrected chi connectivity index (χ0v) is 11.3. The lowest BCUT2D eigenvalue weighted by Gasteiger charge is -2.27. The van der Waals surface area contributed by atoms with Crippen LogP contribution in [0.4, 0.5) is 5.82 Å². The van der Waals surface area contributed by atoms with E-state index in [1.807, 2.05) is 26.0 Å². The lowest BCUT2D eigenvalue weighted by atomic mass is 10.1. The van der Waals surface area contributed by atoms with Crippen LogP contribution in [0, 0.1) is 6.92 Å². The Kier molecular flexibility index (Phi) is 3.45. The Balaban J connectivity index is 2.44. The second-order valence-electron chi connectivity index (χ2n) is 4.40. The number of hydrogen-bond donors (Lipinski definition) is 1. The highest BCUT2D eigenvalue weighted by Gasteiger charge is 2.23. The third-order valence-electron chi connectivity index (χ3n) is 2.54. The minimum absolute atomic E-state index is 0.365. The van der Waals surface area contributed by atoms with Gasteiger partial charge in [-0.1, -0.05) is 0 Å². The average molecular weight is 273 g/mol. The molecule has 0 radical (unpaired) electrons. The number of alkyl halides is 2. The number of rotatable bonds is 4. The van der Waals surface area contributed by atoms with Crippen LogP contribution in [0.3, 0.4) is 0 Å². The van der Waals surface area contributed by atoms with Crippen molar-refractivity contribution in [2.75, 3.05) is 17.1 Å². The summed E-state index contributed by atoms with van der Waals surface area (Å²) in [6.07, 6.45) is 1.53. The van der Waals surface area contributed by atoms with Crippen LogP contribution in [0.15, 0.2) is 18.5 Å². The van der Waals surface area contributed by atoms with Gasteiger partial charge in [0.15, 0.2) is 5.65 Å². The largest absolute Gasteiger partial charge is 0.362 e. The highest BCUT2D eigenvalue weighted by molar-refractivity contribution is 6.22. The minimum Gasteiger partial charge on any atom is -0.362 e. The second kappa shape index (κ2) is 4.70. The zero-order valence-electron chi connectivity index (χ0n) is 9.74. The van der Waals surface area contributed by atoms with Crippen LogP contribution >= 0.6 is 23.2 Å². The molecule has 0 aliphatic carbocycles. The summed E-state index contributed by atoms with van der Waals surface area (Å²) in [7, 11) is 0. The lowest BCUT2D eigenvalue weighted by Crippen LogP contribution is -2.39. The molecule has 1 N–H and O–H groups in total. The van der Waals surface area contributed by atoms with E-state index in [4.69, 9.17) is 23.2 Å². The molecule has 2 aromatic rings. The van der Waals surface area contributed by atoms with Gasteiger partial charge in [0, 0.05) is 11.8 Å². The summed E-state index contributed by atoms with van der Waals surface area (Å²) in [5.41, 5.74) is 1.55. The summed E-state index contributed by atoms with van der Waals surface area (Å²) in [6.45, 7) is 3.98. The quantitative estimate of drug-likeness (QED) is 0.871. The van der Waals surface area contributed by atoms with Crippen molar-refractivity contribution in [3.8, 4) is 0 Å². The fourth-order valence-electron chi connectivity index (χ4n) is 1.56. The van der Waals surface area contributed by atoms with Gasteiger partial charge in [-0.25, -0.2) is 4.98 Å². The molecule has 4 nitrogen and oxygen atoms in total. The number of nitrogens with one attached hydrogen (secondary N) is 1. The monoisotopic (exact) mass is 272 g/mol. The first kappa shape index (κ1) is 12.5. The van der Waals surface area contributed by atoms with Crippen molar-refractivity contribution in [1.82, 2.24) is 14.6 Å². The van der Waals surface area contributed by atoms with E-state index in [1.165, 1.54) is 6.33 Å². The van der Waals surface area contributed by atoms with Crippen molar-refractivity contribution in [1.29, 1.82) is 0 Å². The van der Waals surface area contributed by atoms with Gasteiger partial charge >= 0.3 is 0 Å². The molecule has 0 fully saturated rings. The van der Waals surface area contributed by atoms with Crippen molar-refractivity contribution >= 4 is 34.7 Å². The Labute approximate surface area is 110 Å². The normalized spacial score (nSPS) is 12.0. The van der Waals surface area contributed by atoms with Crippen molar-refractivity contribution in [3.63, 3.8) is 0 Å². The molecule has 2 heterocycles. The molecular weight excluding hydrogens is 259 g/mol. The molecule has 0 bridgehead atoms. The predicted octanol–water partition coefficient (Wildman–Crippen LogP) is 2.69. The Morgan fingerprint density at radius 3 is 2.71 bits per heavy atom. The molecule has 0 saturated carbocycles. The third kappa shape index (κ3) is 2.48. The highest BCUT2D eigenvalue weighted by atomic mass is 35.5. The smallest absolute Gasteiger partial charge is 0.157 e. The standard InChI is InChI=1S/C11H14Cl2N4/c1-8-3-9-14-7-15-17(9)10(4-8)16-11(2,5-12)6-13/h3-4,7,16H,5-6H2,1-2H3. The average Bonchev–Trinajstić information content (AvgIpc) is 2.77. The lowest BCUT2D eigenvalue weighted by molar-refractivity contribution is 0.640. The van der Waals surface area contributed by atoms with Crippen molar-refractivity contribution in [2.45, 2.75) is 19.4 Å². The summed E-state index contributed by atoms with van der Waals surface area (Å²) < 4.78 is 1.74. The van der Waals surface area contributed by atoms with Gasteiger partial charge < -0.3 is 5.32 Å². The van der Waals surface area contributed by atoms with E-state index in [9.17, 15) is 0 Å². The number of aryl methyl sites for hydroxylation is 1. The van der Waals surface area contributed by atoms with E-state index in [0.29, 0.717) is 11.8 Å². The van der Waals surface area contributed by atoms with Gasteiger partial charge in [0.25, 0.3) is 0 Å². The van der Waals surface area contributed by atoms with E-state index >= 15 is 0 Å². The second-order valence-corrected chi connectivity index (χ2v) is 4.94. The van der Waals surface area contributed by atoms with E-state index in [2.05, 4.69) is 15.4 Å². The SMILES string of the molecule is Cc1cc(NC(C)(CCl)CCl)n2ncnc2c1. The molecule has 6 heteroatoms. The van der Waals surface area contributed by atoms with Gasteiger partial charge in [-0.2, -0.15) is 9.61 Å². The molecule has 0 aliphatic rings. The molecule has 0 unspecified atom stereocenters. The molecule has 2 rings (SSSR count). The van der Waals surface area contributed by atoms with Crippen LogP contribution in [0.5, 0.6) is 0 Å². The highest BCUT2D eigenvalue weighted by Crippen LogP contribution is 2.20. The molecule has 0 saturated heterocycles. The van der Waals surface area contributed by atoms with E-state index < -0.39 is 0 Å². The third-order valence-corrected chi connectivity index (χ3v) is 3.72. The maximum Gasteiger partial charge on any atom is 0.157 e. The summed E-state index contributed by atoms with van der Waals surface area (Å²) >= 11 is 11.9. The van der Waals surface area contributed by atoms with Crippen LogP contribution in [0.25, 0.3) is 5.65 Å². The Bertz CT molecular complexity index is 519. The fraction of sp³-hybridized carbons (Fsp3) is 0.455. The van der Waals surface area contributed by atoms with E-state index in [-0.39, 0.29) is 5.54 Å². The molecule has 92 valence electrons. The van der Waals surface area contributed by atoms with Crippen LogP contribution in [0.2, 0.25) is 0 Å². The van der Waals surface area contributed by atoms with Crippen molar-refractivity contribution < 1.29 is 0 Å². The molecule has 0 aromatic carbocycles. The molecule has 17 heavy (non-hydrogen) atoms. The number of aromatic nitrogens is 3. The van der Waals surface area contributed by atoms with Crippen LogP contribution < -0.4 is 5.32 Å². The molecule has 0 aliphatic heterocycles. The van der Waals surface area contributed by atoms with E-state index in [0.717, 1.165) is 17.0 Å². The van der Waals surface area contributed by atoms with Gasteiger partial charge in [0.05, 0.1) is 5.54 Å². The first-order valence-corrected chi connectivity index (χ1v) is 6.35. The summed E-state index contributed by atoms with van der Waals surface area (Å²) in [5, 5.41) is 7.49. The zero-order chi connectivity index (χ0) is 12.5. The maximum atomic E-state index is 5.93. The van der Waals surface area contributed by atoms with Crippen molar-refractivity contribution in [2.24, 2.45) is 0 Å². The molecular formula is C11H14Cl2N4. The summed E-state index contributed by atoms with van der Waals surface area (Å²) in [4.78, 5) is 4.17. The van der Waals surface area contributed by atoms with Gasteiger partial charge in [-0.05, 0) is 31.5 Å². The molecule has 0 spiro atoms. The van der Waals surface area contributed by atoms with Gasteiger partial charge in [-0.3, -0.25) is 0 Å². The first-order valence-electron chi connectivity index (χ1n) is 5.28. The van der Waals surface area contributed by atoms with Crippen LogP contribution in [-0.4, -0.2) is 31.9 Å². The molecule has 0 amide bonds. The number of anilines is 1. The maximum absolute atomic E-state index is 5.93. The van der Waals surface area contributed by atoms with Crippen LogP contribution in [-0.2, 0) is 0 Å². The Morgan fingerprint density at radius 1 is 1.35 bits per heavy atom. The van der Waals surface area contributed by atoms with Gasteiger partial charge in [0.2, 0.25) is 0 Å². The first-order chi connectivity index (χ1) is 8.08. The number of hydrogen-bond acceptors (Lipinski definition) is 3. The summed E-state index contributed by atoms with van der Waals surface area (Å²) in [6, 6.07) is 3.97. The summed E-state index contributed by atoms with van der Waals surface area (Å²) in [5.74, 6) is 1.68. The van der Waals surface area contributed by atoms with Crippen LogP contribution in [0.1, 0.15) is 12.5 Å². The van der Waals surface area contributed by atoms with Crippen molar-refractivity contribution in [3.05, 3.63) is 24.0 Å². The Morgan fingerprint density at radius 2 is 2.06 bits per heavy atom. The van der Waals surface area contributed by atoms with Gasteiger partial charge in [0.1, 0.15) is 12.1 Å². The van der Waals surface area contributed by atoms with Gasteiger partial charge in [-0.15, -0.1) is 23.2 Å². The molecule has 2 aromatic heterocycles. The number of pyridine rings is 1. The van der Waals surface area contributed by atoms with E-state index in [1.54, 1.807) is 4.52 Å². The Hall–Kier alpha value is -1.00. The molecule has 0 atom stereocenters. The fourth-order valence-corrected chi connectivity index (χ4v) is 1.98. The topological polar surface area (TPSA) is 42.2 Å². The number of nitrogens with zero attached hydrogens (tertiary/aromatic N) is 3. The number of halogens is 2.